The number of hydrogen-bond acceptors (Lipinski definition) is 5. The number of benzene rings is 1. The molecule has 1 aromatic heterocycles. The molecule has 0 aliphatic heterocycles. The zero-order valence-corrected chi connectivity index (χ0v) is 17.4. The van der Waals surface area contributed by atoms with Crippen LogP contribution in [0.5, 0.6) is 0 Å². The molecule has 1 aromatic carbocycles. The lowest BCUT2D eigenvalue weighted by atomic mass is 10.4. The maximum Gasteiger partial charge on any atom is 0.191 e. The van der Waals surface area contributed by atoms with Gasteiger partial charge in [-0.2, -0.15) is 0 Å². The third-order valence-corrected chi connectivity index (χ3v) is 5.13. The van der Waals surface area contributed by atoms with Gasteiger partial charge in [0, 0.05) is 44.0 Å². The molecule has 0 aliphatic rings. The molecular formula is C19H30N6OS. The summed E-state index contributed by atoms with van der Waals surface area (Å²) in [6.45, 7) is 6.97. The fraction of sp³-hybridized carbons (Fsp3) is 0.526. The summed E-state index contributed by atoms with van der Waals surface area (Å²) in [5.41, 5.74) is 0. The molecule has 1 heterocycles. The Kier molecular flexibility index (Phi) is 9.13. The molecule has 0 fully saturated rings. The van der Waals surface area contributed by atoms with Gasteiger partial charge in [-0.05, 0) is 25.5 Å². The maximum absolute atomic E-state index is 5.11. The number of aliphatic imine (C=N–C) groups is 1. The standard InChI is InChI=1S/C19H30N6OS/c1-15(27-17-9-6-5-7-10-17)13-21-19(20-11-8-12-26-4)22-14-18-24-23-16(2)25(18)3/h5-7,9-10,15H,8,11-14H2,1-4H3,(H2,20,21,22). The van der Waals surface area contributed by atoms with Gasteiger partial charge >= 0.3 is 0 Å². The van der Waals surface area contributed by atoms with Crippen LogP contribution in [0.1, 0.15) is 25.0 Å². The van der Waals surface area contributed by atoms with E-state index < -0.39 is 0 Å². The van der Waals surface area contributed by atoms with E-state index in [9.17, 15) is 0 Å². The van der Waals surface area contributed by atoms with E-state index in [2.05, 4.69) is 57.0 Å². The molecular weight excluding hydrogens is 360 g/mol. The van der Waals surface area contributed by atoms with Crippen LogP contribution in [0.2, 0.25) is 0 Å². The van der Waals surface area contributed by atoms with Gasteiger partial charge in [0.2, 0.25) is 0 Å². The molecule has 0 bridgehead atoms. The number of thioether (sulfide) groups is 1. The number of hydrogen-bond donors (Lipinski definition) is 2. The van der Waals surface area contributed by atoms with Crippen LogP contribution in [-0.2, 0) is 18.3 Å². The Morgan fingerprint density at radius 1 is 1.26 bits per heavy atom. The molecule has 0 aliphatic carbocycles. The highest BCUT2D eigenvalue weighted by atomic mass is 32.2. The predicted octanol–water partition coefficient (Wildman–Crippen LogP) is 2.38. The van der Waals surface area contributed by atoms with Gasteiger partial charge < -0.3 is 19.9 Å². The highest BCUT2D eigenvalue weighted by Crippen LogP contribution is 2.21. The van der Waals surface area contributed by atoms with E-state index >= 15 is 0 Å². The smallest absolute Gasteiger partial charge is 0.191 e. The second-order valence-corrected chi connectivity index (χ2v) is 7.79. The van der Waals surface area contributed by atoms with E-state index in [-0.39, 0.29) is 0 Å². The van der Waals surface area contributed by atoms with E-state index in [1.54, 1.807) is 7.11 Å². The predicted molar refractivity (Wildman–Crippen MR) is 111 cm³/mol. The van der Waals surface area contributed by atoms with E-state index in [1.807, 2.05) is 36.4 Å². The lowest BCUT2D eigenvalue weighted by Crippen LogP contribution is -2.40. The Balaban J connectivity index is 1.90. The summed E-state index contributed by atoms with van der Waals surface area (Å²) >= 11 is 1.85. The first-order valence-corrected chi connectivity index (χ1v) is 10.1. The number of rotatable bonds is 10. The number of ether oxygens (including phenoxy) is 1. The van der Waals surface area contributed by atoms with Gasteiger partial charge in [-0.25, -0.2) is 4.99 Å². The minimum Gasteiger partial charge on any atom is -0.385 e. The van der Waals surface area contributed by atoms with Crippen molar-refractivity contribution in [2.24, 2.45) is 12.0 Å². The SMILES string of the molecule is COCCCNC(=NCc1nnc(C)n1C)NCC(C)Sc1ccccc1. The van der Waals surface area contributed by atoms with Crippen molar-refractivity contribution in [2.75, 3.05) is 26.8 Å². The summed E-state index contributed by atoms with van der Waals surface area (Å²) in [6, 6.07) is 10.4. The molecule has 1 atom stereocenters. The summed E-state index contributed by atoms with van der Waals surface area (Å²) in [6.07, 6.45) is 0.925. The van der Waals surface area contributed by atoms with Crippen molar-refractivity contribution in [2.45, 2.75) is 37.0 Å². The van der Waals surface area contributed by atoms with Gasteiger partial charge in [-0.3, -0.25) is 0 Å². The fourth-order valence-electron chi connectivity index (χ4n) is 2.35. The summed E-state index contributed by atoms with van der Waals surface area (Å²) in [5.74, 6) is 2.51. The Hall–Kier alpha value is -2.06. The number of methoxy groups -OCH3 is 1. The van der Waals surface area contributed by atoms with Crippen molar-refractivity contribution in [3.63, 3.8) is 0 Å². The Bertz CT molecular complexity index is 703. The quantitative estimate of drug-likeness (QED) is 0.281. The van der Waals surface area contributed by atoms with Crippen LogP contribution in [0.15, 0.2) is 40.2 Å². The minimum atomic E-state index is 0.412. The summed E-state index contributed by atoms with van der Waals surface area (Å²) in [5, 5.41) is 15.5. The topological polar surface area (TPSA) is 76.4 Å². The molecule has 2 rings (SSSR count). The largest absolute Gasteiger partial charge is 0.385 e. The van der Waals surface area contributed by atoms with Crippen LogP contribution in [0.4, 0.5) is 0 Å². The average molecular weight is 391 g/mol. The molecule has 0 spiro atoms. The number of aryl methyl sites for hydroxylation is 1. The number of aromatic nitrogens is 3. The van der Waals surface area contributed by atoms with Crippen molar-refractivity contribution in [1.29, 1.82) is 0 Å². The average Bonchev–Trinajstić information content (AvgIpc) is 2.99. The third kappa shape index (κ3) is 7.60. The van der Waals surface area contributed by atoms with E-state index in [0.29, 0.717) is 11.8 Å². The molecule has 0 saturated heterocycles. The molecule has 8 heteroatoms. The molecule has 2 N–H and O–H groups in total. The normalized spacial score (nSPS) is 12.8. The highest BCUT2D eigenvalue weighted by molar-refractivity contribution is 8.00. The van der Waals surface area contributed by atoms with Crippen molar-refractivity contribution in [1.82, 2.24) is 25.4 Å². The van der Waals surface area contributed by atoms with E-state index in [1.165, 1.54) is 4.90 Å². The zero-order valence-electron chi connectivity index (χ0n) is 16.6. The van der Waals surface area contributed by atoms with Crippen molar-refractivity contribution < 1.29 is 4.74 Å². The van der Waals surface area contributed by atoms with E-state index in [0.717, 1.165) is 43.7 Å². The van der Waals surface area contributed by atoms with Gasteiger partial charge in [0.05, 0.1) is 0 Å². The van der Waals surface area contributed by atoms with Crippen LogP contribution in [0, 0.1) is 6.92 Å². The van der Waals surface area contributed by atoms with Gasteiger partial charge in [0.1, 0.15) is 12.4 Å². The molecule has 0 radical (unpaired) electrons. The molecule has 148 valence electrons. The zero-order chi connectivity index (χ0) is 19.5. The second kappa shape index (κ2) is 11.6. The monoisotopic (exact) mass is 390 g/mol. The van der Waals surface area contributed by atoms with Gasteiger partial charge in [-0.1, -0.05) is 25.1 Å². The first-order valence-electron chi connectivity index (χ1n) is 9.18. The third-order valence-electron chi connectivity index (χ3n) is 4.02. The molecule has 0 amide bonds. The summed E-state index contributed by atoms with van der Waals surface area (Å²) < 4.78 is 7.07. The van der Waals surface area contributed by atoms with Crippen LogP contribution in [0.25, 0.3) is 0 Å². The Labute approximate surface area is 166 Å². The van der Waals surface area contributed by atoms with Crippen LogP contribution in [-0.4, -0.2) is 52.8 Å². The number of nitrogens with zero attached hydrogens (tertiary/aromatic N) is 4. The van der Waals surface area contributed by atoms with Gasteiger partial charge in [0.15, 0.2) is 11.8 Å². The van der Waals surface area contributed by atoms with E-state index in [4.69, 9.17) is 4.74 Å². The first-order chi connectivity index (χ1) is 13.1. The molecule has 0 saturated carbocycles. The number of nitrogens with one attached hydrogen (secondary N) is 2. The molecule has 1 unspecified atom stereocenters. The summed E-state index contributed by atoms with van der Waals surface area (Å²) in [4.78, 5) is 5.94. The van der Waals surface area contributed by atoms with Gasteiger partial charge in [-0.15, -0.1) is 22.0 Å². The lowest BCUT2D eigenvalue weighted by molar-refractivity contribution is 0.195. The van der Waals surface area contributed by atoms with Gasteiger partial charge in [0.25, 0.3) is 0 Å². The van der Waals surface area contributed by atoms with Crippen LogP contribution in [0.3, 0.4) is 0 Å². The highest BCUT2D eigenvalue weighted by Gasteiger charge is 2.08. The van der Waals surface area contributed by atoms with Crippen molar-refractivity contribution in [3.05, 3.63) is 42.0 Å². The van der Waals surface area contributed by atoms with Crippen molar-refractivity contribution in [3.8, 4) is 0 Å². The fourth-order valence-corrected chi connectivity index (χ4v) is 3.30. The lowest BCUT2D eigenvalue weighted by Gasteiger charge is -2.16. The van der Waals surface area contributed by atoms with Crippen molar-refractivity contribution >= 4 is 17.7 Å². The summed E-state index contributed by atoms with van der Waals surface area (Å²) in [7, 11) is 3.67. The Morgan fingerprint density at radius 2 is 2.04 bits per heavy atom. The minimum absolute atomic E-state index is 0.412. The number of guanidine groups is 1. The van der Waals surface area contributed by atoms with Crippen LogP contribution >= 0.6 is 11.8 Å². The second-order valence-electron chi connectivity index (χ2n) is 6.28. The van der Waals surface area contributed by atoms with Crippen LogP contribution < -0.4 is 10.6 Å². The maximum atomic E-state index is 5.11. The molecule has 27 heavy (non-hydrogen) atoms. The molecule has 7 nitrogen and oxygen atoms in total. The molecule has 2 aromatic rings. The Morgan fingerprint density at radius 3 is 2.70 bits per heavy atom. The first kappa shape index (κ1) is 21.2.